The number of nitrogens with one attached hydrogen (secondary N) is 2. The molecule has 10 heteroatoms. The molecule has 0 bridgehead atoms. The number of carbonyl (C=O) groups is 2. The number of fused-ring (bicyclic) bond motifs is 1. The second kappa shape index (κ2) is 11.5. The molecule has 2 aromatic carbocycles. The van der Waals surface area contributed by atoms with Gasteiger partial charge in [-0.25, -0.2) is 8.42 Å². The zero-order valence-electron chi connectivity index (χ0n) is 21.3. The molecule has 1 unspecified atom stereocenters. The van der Waals surface area contributed by atoms with Gasteiger partial charge in [-0.2, -0.15) is 4.31 Å². The van der Waals surface area contributed by atoms with Gasteiger partial charge in [0.25, 0.3) is 0 Å². The van der Waals surface area contributed by atoms with Crippen molar-refractivity contribution >= 4 is 33.4 Å². The maximum absolute atomic E-state index is 13.6. The van der Waals surface area contributed by atoms with E-state index in [2.05, 4.69) is 28.8 Å². The number of rotatable bonds is 8. The summed E-state index contributed by atoms with van der Waals surface area (Å²) in [6.45, 7) is 4.33. The molecule has 37 heavy (non-hydrogen) atoms. The van der Waals surface area contributed by atoms with Crippen LogP contribution in [0.2, 0.25) is 5.02 Å². The Morgan fingerprint density at radius 2 is 2.00 bits per heavy atom. The number of benzene rings is 2. The van der Waals surface area contributed by atoms with E-state index < -0.39 is 22.0 Å². The van der Waals surface area contributed by atoms with Crippen LogP contribution in [0.1, 0.15) is 59.5 Å². The van der Waals surface area contributed by atoms with Crippen molar-refractivity contribution in [2.75, 3.05) is 19.6 Å². The number of hydrogen-bond donors (Lipinski definition) is 3. The Kier molecular flexibility index (Phi) is 8.58. The molecule has 1 aliphatic carbocycles. The van der Waals surface area contributed by atoms with Gasteiger partial charge < -0.3 is 16.4 Å². The fourth-order valence-corrected chi connectivity index (χ4v) is 7.34. The Balaban J connectivity index is 1.52. The molecule has 2 atom stereocenters. The van der Waals surface area contributed by atoms with Crippen molar-refractivity contribution < 1.29 is 18.0 Å². The Labute approximate surface area is 224 Å². The lowest BCUT2D eigenvalue weighted by Gasteiger charge is -2.34. The summed E-state index contributed by atoms with van der Waals surface area (Å²) in [5, 5.41) is 6.26. The second-order valence-electron chi connectivity index (χ2n) is 9.93. The van der Waals surface area contributed by atoms with E-state index in [1.54, 1.807) is 19.9 Å². The van der Waals surface area contributed by atoms with Gasteiger partial charge in [0, 0.05) is 18.1 Å². The molecule has 2 aromatic rings. The number of hydrogen-bond acceptors (Lipinski definition) is 5. The highest BCUT2D eigenvalue weighted by atomic mass is 35.5. The Morgan fingerprint density at radius 3 is 2.76 bits per heavy atom. The smallest absolute Gasteiger partial charge is 0.244 e. The minimum Gasteiger partial charge on any atom is -0.353 e. The van der Waals surface area contributed by atoms with Gasteiger partial charge in [0.1, 0.15) is 6.04 Å². The monoisotopic (exact) mass is 546 g/mol. The zero-order chi connectivity index (χ0) is 26.7. The van der Waals surface area contributed by atoms with E-state index in [1.165, 1.54) is 17.2 Å². The third-order valence-corrected chi connectivity index (χ3v) is 9.69. The van der Waals surface area contributed by atoms with Crippen molar-refractivity contribution in [2.45, 2.75) is 69.4 Å². The molecular weight excluding hydrogens is 512 g/mol. The van der Waals surface area contributed by atoms with Crippen molar-refractivity contribution in [1.82, 2.24) is 14.9 Å². The van der Waals surface area contributed by atoms with E-state index >= 15 is 0 Å². The average molecular weight is 547 g/mol. The van der Waals surface area contributed by atoms with E-state index in [1.807, 2.05) is 0 Å². The normalized spacial score (nSPS) is 20.3. The van der Waals surface area contributed by atoms with Crippen molar-refractivity contribution in [1.29, 1.82) is 0 Å². The number of aryl methyl sites for hydroxylation is 4. The molecule has 2 amide bonds. The summed E-state index contributed by atoms with van der Waals surface area (Å²) >= 11 is 6.17. The molecule has 8 nitrogen and oxygen atoms in total. The maximum Gasteiger partial charge on any atom is 0.244 e. The lowest BCUT2D eigenvalue weighted by molar-refractivity contribution is -0.132. The number of halogens is 1. The van der Waals surface area contributed by atoms with E-state index in [9.17, 15) is 18.0 Å². The first kappa shape index (κ1) is 27.6. The second-order valence-corrected chi connectivity index (χ2v) is 12.2. The van der Waals surface area contributed by atoms with Gasteiger partial charge in [0.15, 0.2) is 0 Å². The molecule has 1 heterocycles. The molecule has 0 radical (unpaired) electrons. The van der Waals surface area contributed by atoms with E-state index in [4.69, 9.17) is 17.3 Å². The van der Waals surface area contributed by atoms with Crippen LogP contribution in [0.4, 0.5) is 0 Å². The molecule has 0 aromatic heterocycles. The highest BCUT2D eigenvalue weighted by Gasteiger charge is 2.40. The summed E-state index contributed by atoms with van der Waals surface area (Å²) in [4.78, 5) is 26.1. The molecule has 1 saturated heterocycles. The topological polar surface area (TPSA) is 122 Å². The number of sulfonamides is 1. The van der Waals surface area contributed by atoms with E-state index in [-0.39, 0.29) is 36.4 Å². The fraction of sp³-hybridized carbons (Fsp3) is 0.481. The van der Waals surface area contributed by atoms with Gasteiger partial charge in [-0.3, -0.25) is 9.59 Å². The lowest BCUT2D eigenvalue weighted by atomic mass is 9.86. The van der Waals surface area contributed by atoms with E-state index in [0.717, 1.165) is 42.0 Å². The number of amides is 2. The van der Waals surface area contributed by atoms with E-state index in [0.29, 0.717) is 22.7 Å². The Hall–Kier alpha value is -2.46. The summed E-state index contributed by atoms with van der Waals surface area (Å²) in [7, 11) is -4.03. The van der Waals surface area contributed by atoms with Crippen molar-refractivity contribution in [2.24, 2.45) is 5.73 Å². The van der Waals surface area contributed by atoms with Crippen molar-refractivity contribution in [3.05, 3.63) is 63.2 Å². The molecule has 1 aliphatic heterocycles. The largest absolute Gasteiger partial charge is 0.353 e. The predicted octanol–water partition coefficient (Wildman–Crippen LogP) is 2.92. The summed E-state index contributed by atoms with van der Waals surface area (Å²) in [5.74, 6) is -0.821. The third kappa shape index (κ3) is 6.00. The summed E-state index contributed by atoms with van der Waals surface area (Å²) in [6.07, 6.45) is 4.29. The molecule has 200 valence electrons. The summed E-state index contributed by atoms with van der Waals surface area (Å²) < 4.78 is 28.4. The highest BCUT2D eigenvalue weighted by Crippen LogP contribution is 2.32. The third-order valence-electron chi connectivity index (χ3n) is 7.23. The van der Waals surface area contributed by atoms with Crippen LogP contribution in [0.25, 0.3) is 0 Å². The van der Waals surface area contributed by atoms with Gasteiger partial charge in [-0.05, 0) is 92.4 Å². The lowest BCUT2D eigenvalue weighted by Crippen LogP contribution is -2.58. The van der Waals surface area contributed by atoms with Gasteiger partial charge in [-0.1, -0.05) is 29.8 Å². The van der Waals surface area contributed by atoms with Gasteiger partial charge in [0.05, 0.1) is 17.4 Å². The molecular formula is C27H35ClN4O4S. The first-order valence-corrected chi connectivity index (χ1v) is 14.6. The first-order chi connectivity index (χ1) is 17.6. The molecule has 2 aliphatic rings. The van der Waals surface area contributed by atoms with Crippen LogP contribution in [0, 0.1) is 13.8 Å². The number of nitrogens with two attached hydrogens (primary N) is 1. The predicted molar refractivity (Wildman–Crippen MR) is 144 cm³/mol. The molecule has 1 fully saturated rings. The fourth-order valence-electron chi connectivity index (χ4n) is 5.24. The SMILES string of the molecule is Cc1cc(S(=O)(=O)N2CCNC(=O)C2CC(=O)N[C@@H]2CCCc3cc(CCCN)ccc32)c(C)cc1Cl. The molecule has 4 N–H and O–H groups in total. The van der Waals surface area contributed by atoms with Crippen LogP contribution in [-0.2, 0) is 32.5 Å². The molecule has 0 spiro atoms. The highest BCUT2D eigenvalue weighted by molar-refractivity contribution is 7.89. The number of piperazine rings is 1. The van der Waals surface area contributed by atoms with Gasteiger partial charge in [-0.15, -0.1) is 0 Å². The quantitative estimate of drug-likeness (QED) is 0.470. The number of nitrogens with zero attached hydrogens (tertiary/aromatic N) is 1. The van der Waals surface area contributed by atoms with Crippen molar-refractivity contribution in [3.63, 3.8) is 0 Å². The van der Waals surface area contributed by atoms with Gasteiger partial charge in [0.2, 0.25) is 21.8 Å². The molecule has 4 rings (SSSR count). The number of carbonyl (C=O) groups excluding carboxylic acids is 2. The standard InChI is InChI=1S/C27H35ClN4O4S/c1-17-14-25(18(2)13-22(17)28)37(35,36)32-12-11-30-27(34)24(32)16-26(33)31-23-7-3-6-20-15-19(5-4-10-29)8-9-21(20)23/h8-9,13-15,23-24H,3-7,10-12,16,29H2,1-2H3,(H,30,34)(H,31,33)/t23-,24?/m1/s1. The van der Waals surface area contributed by atoms with Crippen LogP contribution < -0.4 is 16.4 Å². The van der Waals surface area contributed by atoms with Crippen LogP contribution in [0.3, 0.4) is 0 Å². The zero-order valence-corrected chi connectivity index (χ0v) is 22.9. The van der Waals surface area contributed by atoms with Crippen LogP contribution >= 0.6 is 11.6 Å². The van der Waals surface area contributed by atoms with Crippen molar-refractivity contribution in [3.8, 4) is 0 Å². The van der Waals surface area contributed by atoms with Crippen LogP contribution in [0.5, 0.6) is 0 Å². The first-order valence-electron chi connectivity index (χ1n) is 12.8. The van der Waals surface area contributed by atoms with Gasteiger partial charge >= 0.3 is 0 Å². The summed E-state index contributed by atoms with van der Waals surface area (Å²) in [6, 6.07) is 8.19. The molecule has 0 saturated carbocycles. The summed E-state index contributed by atoms with van der Waals surface area (Å²) in [5.41, 5.74) is 10.3. The maximum atomic E-state index is 13.6. The van der Waals surface area contributed by atoms with Crippen LogP contribution in [-0.4, -0.2) is 50.2 Å². The van der Waals surface area contributed by atoms with Crippen LogP contribution in [0.15, 0.2) is 35.2 Å². The average Bonchev–Trinajstić information content (AvgIpc) is 2.86. The minimum atomic E-state index is -4.03. The minimum absolute atomic E-state index is 0.0883. The Bertz CT molecular complexity index is 1300. The Morgan fingerprint density at radius 1 is 1.22 bits per heavy atom.